The number of carbonyl (C=O) groups excluding carboxylic acids is 1. The van der Waals surface area contributed by atoms with Gasteiger partial charge in [0.25, 0.3) is 0 Å². The van der Waals surface area contributed by atoms with Crippen LogP contribution in [0.2, 0.25) is 0 Å². The van der Waals surface area contributed by atoms with E-state index in [1.807, 2.05) is 0 Å². The van der Waals surface area contributed by atoms with Crippen LogP contribution in [0.5, 0.6) is 0 Å². The van der Waals surface area contributed by atoms with E-state index in [1.165, 1.54) is 26.2 Å². The number of rotatable bonds is 7. The van der Waals surface area contributed by atoms with E-state index < -0.39 is 0 Å². The molecule has 0 aromatic heterocycles. The van der Waals surface area contributed by atoms with Crippen molar-refractivity contribution in [1.29, 1.82) is 0 Å². The Balaban J connectivity index is 4.13. The molecule has 0 aromatic carbocycles. The van der Waals surface area contributed by atoms with Gasteiger partial charge >= 0.3 is 5.97 Å². The van der Waals surface area contributed by atoms with Gasteiger partial charge in [0.1, 0.15) is 0 Å². The van der Waals surface area contributed by atoms with Gasteiger partial charge in [0.2, 0.25) is 0 Å². The second-order valence-corrected chi connectivity index (χ2v) is 4.09. The van der Waals surface area contributed by atoms with Crippen molar-refractivity contribution >= 4 is 5.97 Å². The number of hydrogen-bond acceptors (Lipinski definition) is 2. The topological polar surface area (TPSA) is 26.3 Å². The van der Waals surface area contributed by atoms with Crippen molar-refractivity contribution in [3.05, 3.63) is 0 Å². The van der Waals surface area contributed by atoms with Crippen LogP contribution < -0.4 is 0 Å². The first-order valence-corrected chi connectivity index (χ1v) is 5.73. The molecule has 0 aliphatic carbocycles. The second-order valence-electron chi connectivity index (χ2n) is 4.09. The van der Waals surface area contributed by atoms with Gasteiger partial charge < -0.3 is 4.74 Å². The number of ether oxygens (including phenoxy) is 1. The highest BCUT2D eigenvalue weighted by atomic mass is 16.5. The van der Waals surface area contributed by atoms with Crippen LogP contribution in [0.4, 0.5) is 0 Å². The Labute approximate surface area is 88.0 Å². The fourth-order valence-corrected chi connectivity index (χ4v) is 1.69. The Morgan fingerprint density at radius 3 is 2.14 bits per heavy atom. The van der Waals surface area contributed by atoms with Crippen molar-refractivity contribution in [2.75, 3.05) is 6.61 Å². The van der Waals surface area contributed by atoms with Gasteiger partial charge in [-0.05, 0) is 19.3 Å². The largest absolute Gasteiger partial charge is 0.465 e. The molecule has 0 saturated heterocycles. The van der Waals surface area contributed by atoms with E-state index in [4.69, 9.17) is 4.74 Å². The molecule has 0 N–H and O–H groups in total. The lowest BCUT2D eigenvalue weighted by molar-refractivity contribution is -0.145. The minimum Gasteiger partial charge on any atom is -0.465 e. The second kappa shape index (κ2) is 6.86. The lowest BCUT2D eigenvalue weighted by Gasteiger charge is -2.30. The summed E-state index contributed by atoms with van der Waals surface area (Å²) in [5, 5.41) is 0. The highest BCUT2D eigenvalue weighted by molar-refractivity contribution is 5.65. The van der Waals surface area contributed by atoms with E-state index in [2.05, 4.69) is 20.8 Å². The Hall–Kier alpha value is -0.530. The first-order chi connectivity index (χ1) is 6.60. The molecule has 0 unspecified atom stereocenters. The molecule has 0 saturated carbocycles. The van der Waals surface area contributed by atoms with Crippen molar-refractivity contribution in [2.24, 2.45) is 5.41 Å². The molecule has 0 rings (SSSR count). The van der Waals surface area contributed by atoms with Crippen molar-refractivity contribution in [3.63, 3.8) is 0 Å². The third kappa shape index (κ3) is 4.64. The van der Waals surface area contributed by atoms with Gasteiger partial charge in [-0.3, -0.25) is 4.79 Å². The van der Waals surface area contributed by atoms with Crippen LogP contribution in [-0.2, 0) is 9.53 Å². The standard InChI is InChI=1S/C12H24O2/c1-5-8-9-12(6-2,7-3)10-14-11(4)13/h5-10H2,1-4H3. The van der Waals surface area contributed by atoms with Gasteiger partial charge in [0, 0.05) is 12.3 Å². The minimum absolute atomic E-state index is 0.159. The summed E-state index contributed by atoms with van der Waals surface area (Å²) in [6.07, 6.45) is 5.79. The van der Waals surface area contributed by atoms with Crippen molar-refractivity contribution < 1.29 is 9.53 Å². The predicted molar refractivity (Wildman–Crippen MR) is 59.2 cm³/mol. The van der Waals surface area contributed by atoms with Crippen LogP contribution in [0.15, 0.2) is 0 Å². The molecule has 0 spiro atoms. The fraction of sp³-hybridized carbons (Fsp3) is 0.917. The minimum atomic E-state index is -0.159. The third-order valence-corrected chi connectivity index (χ3v) is 3.14. The maximum absolute atomic E-state index is 10.8. The summed E-state index contributed by atoms with van der Waals surface area (Å²) in [4.78, 5) is 10.8. The zero-order chi connectivity index (χ0) is 11.0. The van der Waals surface area contributed by atoms with Gasteiger partial charge in [-0.2, -0.15) is 0 Å². The Kier molecular flexibility index (Phi) is 6.60. The van der Waals surface area contributed by atoms with Crippen LogP contribution >= 0.6 is 0 Å². The van der Waals surface area contributed by atoms with Crippen LogP contribution in [-0.4, -0.2) is 12.6 Å². The van der Waals surface area contributed by atoms with Crippen molar-refractivity contribution in [2.45, 2.75) is 59.8 Å². The maximum atomic E-state index is 10.8. The average molecular weight is 200 g/mol. The summed E-state index contributed by atoms with van der Waals surface area (Å²) in [6.45, 7) is 8.64. The van der Waals surface area contributed by atoms with Crippen LogP contribution in [0.25, 0.3) is 0 Å². The van der Waals surface area contributed by atoms with Gasteiger partial charge in [-0.15, -0.1) is 0 Å². The Morgan fingerprint density at radius 2 is 1.79 bits per heavy atom. The molecule has 0 atom stereocenters. The highest BCUT2D eigenvalue weighted by Crippen LogP contribution is 2.32. The lowest BCUT2D eigenvalue weighted by atomic mass is 9.78. The number of carbonyl (C=O) groups is 1. The molecule has 0 bridgehead atoms. The summed E-state index contributed by atoms with van der Waals surface area (Å²) in [6, 6.07) is 0. The number of unbranched alkanes of at least 4 members (excludes halogenated alkanes) is 1. The average Bonchev–Trinajstić information content (AvgIpc) is 2.19. The van der Waals surface area contributed by atoms with E-state index >= 15 is 0 Å². The van der Waals surface area contributed by atoms with Gasteiger partial charge in [-0.1, -0.05) is 33.6 Å². The first-order valence-electron chi connectivity index (χ1n) is 5.73. The molecule has 0 fully saturated rings. The van der Waals surface area contributed by atoms with E-state index in [0.717, 1.165) is 12.8 Å². The molecule has 0 aromatic rings. The van der Waals surface area contributed by atoms with Gasteiger partial charge in [0.05, 0.1) is 6.61 Å². The molecule has 2 nitrogen and oxygen atoms in total. The smallest absolute Gasteiger partial charge is 0.302 e. The molecule has 0 heterocycles. The molecule has 0 aliphatic rings. The number of hydrogen-bond donors (Lipinski definition) is 0. The summed E-state index contributed by atoms with van der Waals surface area (Å²) < 4.78 is 5.15. The lowest BCUT2D eigenvalue weighted by Crippen LogP contribution is -2.26. The molecular weight excluding hydrogens is 176 g/mol. The van der Waals surface area contributed by atoms with Crippen LogP contribution in [0.1, 0.15) is 59.8 Å². The van der Waals surface area contributed by atoms with Crippen molar-refractivity contribution in [3.8, 4) is 0 Å². The van der Waals surface area contributed by atoms with Crippen molar-refractivity contribution in [1.82, 2.24) is 0 Å². The third-order valence-electron chi connectivity index (χ3n) is 3.14. The molecular formula is C12H24O2. The summed E-state index contributed by atoms with van der Waals surface area (Å²) >= 11 is 0. The highest BCUT2D eigenvalue weighted by Gasteiger charge is 2.26. The predicted octanol–water partition coefficient (Wildman–Crippen LogP) is 3.55. The Bertz CT molecular complexity index is 160. The normalized spacial score (nSPS) is 11.4. The molecule has 2 heteroatoms. The molecule has 14 heavy (non-hydrogen) atoms. The molecule has 0 radical (unpaired) electrons. The zero-order valence-electron chi connectivity index (χ0n) is 10.1. The van der Waals surface area contributed by atoms with E-state index in [1.54, 1.807) is 0 Å². The summed E-state index contributed by atoms with van der Waals surface area (Å²) in [5.41, 5.74) is 0.224. The number of esters is 1. The molecule has 0 amide bonds. The van der Waals surface area contributed by atoms with Crippen LogP contribution in [0, 0.1) is 5.41 Å². The Morgan fingerprint density at radius 1 is 1.21 bits per heavy atom. The molecule has 84 valence electrons. The maximum Gasteiger partial charge on any atom is 0.302 e. The van der Waals surface area contributed by atoms with E-state index in [-0.39, 0.29) is 11.4 Å². The summed E-state index contributed by atoms with van der Waals surface area (Å²) in [7, 11) is 0. The molecule has 0 aliphatic heterocycles. The van der Waals surface area contributed by atoms with Gasteiger partial charge in [-0.25, -0.2) is 0 Å². The first kappa shape index (κ1) is 13.5. The zero-order valence-corrected chi connectivity index (χ0v) is 10.1. The fourth-order valence-electron chi connectivity index (χ4n) is 1.69. The summed E-state index contributed by atoms with van der Waals surface area (Å²) in [5.74, 6) is -0.159. The SMILES string of the molecule is CCCCC(CC)(CC)COC(C)=O. The van der Waals surface area contributed by atoms with Crippen LogP contribution in [0.3, 0.4) is 0 Å². The quantitative estimate of drug-likeness (QED) is 0.587. The van der Waals surface area contributed by atoms with E-state index in [9.17, 15) is 4.79 Å². The monoisotopic (exact) mass is 200 g/mol. The van der Waals surface area contributed by atoms with Gasteiger partial charge in [0.15, 0.2) is 0 Å². The van der Waals surface area contributed by atoms with E-state index in [0.29, 0.717) is 6.61 Å².